The first-order valence-corrected chi connectivity index (χ1v) is 10.7. The van der Waals surface area contributed by atoms with Crippen molar-refractivity contribution in [3.8, 4) is 0 Å². The lowest BCUT2D eigenvalue weighted by Gasteiger charge is -2.08. The van der Waals surface area contributed by atoms with Gasteiger partial charge in [0.1, 0.15) is 0 Å². The van der Waals surface area contributed by atoms with E-state index < -0.39 is 5.97 Å². The highest BCUT2D eigenvalue weighted by Gasteiger charge is 2.13. The van der Waals surface area contributed by atoms with E-state index in [1.54, 1.807) is 0 Å². The smallest absolute Gasteiger partial charge is 0.316 e. The number of anilines is 2. The monoisotopic (exact) mass is 412 g/mol. The van der Waals surface area contributed by atoms with Crippen molar-refractivity contribution in [2.24, 2.45) is 0 Å². The zero-order chi connectivity index (χ0) is 20.6. The fourth-order valence-corrected chi connectivity index (χ4v) is 3.79. The van der Waals surface area contributed by atoms with E-state index in [2.05, 4.69) is 10.6 Å². The molecule has 2 aromatic rings. The Morgan fingerprint density at radius 2 is 1.69 bits per heavy atom. The van der Waals surface area contributed by atoms with Gasteiger partial charge in [-0.25, -0.2) is 0 Å². The average molecular weight is 413 g/mol. The molecule has 3 rings (SSSR count). The summed E-state index contributed by atoms with van der Waals surface area (Å²) in [4.78, 5) is 35.7. The standard InChI is InChI=1S/C22H24N2O4S/c1-15-4-2-7-18(10-15)24-21(26)13-29-14-22(27)28-12-20(25)23-19-9-8-16-5-3-6-17(16)11-19/h2,4,7-11H,3,5-6,12-14H2,1H3,(H,23,25)(H,24,26). The van der Waals surface area contributed by atoms with Gasteiger partial charge in [0.05, 0.1) is 11.5 Å². The summed E-state index contributed by atoms with van der Waals surface area (Å²) in [6.07, 6.45) is 3.26. The Morgan fingerprint density at radius 1 is 0.931 bits per heavy atom. The van der Waals surface area contributed by atoms with Crippen molar-refractivity contribution in [3.63, 3.8) is 0 Å². The predicted molar refractivity (Wildman–Crippen MR) is 115 cm³/mol. The minimum Gasteiger partial charge on any atom is -0.455 e. The van der Waals surface area contributed by atoms with Crippen LogP contribution in [0.4, 0.5) is 11.4 Å². The third-order valence-electron chi connectivity index (χ3n) is 4.50. The molecule has 0 fully saturated rings. The number of aryl methyl sites for hydroxylation is 3. The van der Waals surface area contributed by atoms with Crippen LogP contribution in [0.3, 0.4) is 0 Å². The second kappa shape index (κ2) is 10.1. The minimum atomic E-state index is -0.526. The third-order valence-corrected chi connectivity index (χ3v) is 5.41. The van der Waals surface area contributed by atoms with Crippen LogP contribution in [-0.4, -0.2) is 35.9 Å². The number of rotatable bonds is 8. The third kappa shape index (κ3) is 6.64. The van der Waals surface area contributed by atoms with Crippen molar-refractivity contribution in [3.05, 3.63) is 59.2 Å². The van der Waals surface area contributed by atoms with E-state index in [-0.39, 0.29) is 29.9 Å². The van der Waals surface area contributed by atoms with Crippen LogP contribution in [-0.2, 0) is 32.0 Å². The van der Waals surface area contributed by atoms with Crippen molar-refractivity contribution < 1.29 is 19.1 Å². The fourth-order valence-electron chi connectivity index (χ4n) is 3.18. The van der Waals surface area contributed by atoms with E-state index in [0.29, 0.717) is 5.69 Å². The maximum absolute atomic E-state index is 12.0. The first-order valence-electron chi connectivity index (χ1n) is 9.51. The van der Waals surface area contributed by atoms with Gasteiger partial charge in [-0.1, -0.05) is 18.2 Å². The number of fused-ring (bicyclic) bond motifs is 1. The number of nitrogens with one attached hydrogen (secondary N) is 2. The summed E-state index contributed by atoms with van der Waals surface area (Å²) in [6.45, 7) is 1.60. The highest BCUT2D eigenvalue weighted by atomic mass is 32.2. The number of hydrogen-bond acceptors (Lipinski definition) is 5. The molecule has 0 atom stereocenters. The summed E-state index contributed by atoms with van der Waals surface area (Å²) in [7, 11) is 0. The normalized spacial score (nSPS) is 12.2. The first-order chi connectivity index (χ1) is 14.0. The summed E-state index contributed by atoms with van der Waals surface area (Å²) in [6, 6.07) is 13.4. The van der Waals surface area contributed by atoms with Gasteiger partial charge in [0, 0.05) is 11.4 Å². The number of esters is 1. The molecule has 6 nitrogen and oxygen atoms in total. The second-order valence-electron chi connectivity index (χ2n) is 6.96. The SMILES string of the molecule is Cc1cccc(NC(=O)CSCC(=O)OCC(=O)Nc2ccc3c(c2)CCC3)c1. The van der Waals surface area contributed by atoms with Gasteiger partial charge in [-0.05, 0) is 67.1 Å². The van der Waals surface area contributed by atoms with E-state index in [0.717, 1.165) is 42.3 Å². The molecule has 0 aliphatic heterocycles. The molecule has 1 aliphatic rings. The number of carbonyl (C=O) groups is 3. The molecule has 2 aromatic carbocycles. The van der Waals surface area contributed by atoms with Gasteiger partial charge < -0.3 is 15.4 Å². The molecule has 0 saturated carbocycles. The maximum Gasteiger partial charge on any atom is 0.316 e. The van der Waals surface area contributed by atoms with Crippen LogP contribution < -0.4 is 10.6 Å². The van der Waals surface area contributed by atoms with Gasteiger partial charge in [0.25, 0.3) is 5.91 Å². The molecule has 7 heteroatoms. The highest BCUT2D eigenvalue weighted by molar-refractivity contribution is 8.00. The average Bonchev–Trinajstić information content (AvgIpc) is 3.14. The fraction of sp³-hybridized carbons (Fsp3) is 0.318. The van der Waals surface area contributed by atoms with E-state index in [4.69, 9.17) is 4.74 Å². The number of amides is 2. The lowest BCUT2D eigenvalue weighted by molar-refractivity contribution is -0.144. The maximum atomic E-state index is 12.0. The summed E-state index contributed by atoms with van der Waals surface area (Å²) in [5, 5.41) is 5.52. The van der Waals surface area contributed by atoms with Gasteiger partial charge in [-0.15, -0.1) is 11.8 Å². The second-order valence-corrected chi connectivity index (χ2v) is 7.94. The Bertz CT molecular complexity index is 913. The Balaban J connectivity index is 1.32. The Labute approximate surface area is 174 Å². The van der Waals surface area contributed by atoms with E-state index in [1.807, 2.05) is 49.4 Å². The number of benzene rings is 2. The summed E-state index contributed by atoms with van der Waals surface area (Å²) >= 11 is 1.14. The lowest BCUT2D eigenvalue weighted by Crippen LogP contribution is -2.22. The molecule has 0 aromatic heterocycles. The molecule has 2 N–H and O–H groups in total. The summed E-state index contributed by atoms with van der Waals surface area (Å²) in [5.74, 6) is -0.957. The van der Waals surface area contributed by atoms with Crippen LogP contribution in [0.5, 0.6) is 0 Å². The molecule has 0 bridgehead atoms. The van der Waals surface area contributed by atoms with Gasteiger partial charge in [0.15, 0.2) is 6.61 Å². The zero-order valence-electron chi connectivity index (χ0n) is 16.3. The van der Waals surface area contributed by atoms with E-state index >= 15 is 0 Å². The van der Waals surface area contributed by atoms with Gasteiger partial charge >= 0.3 is 5.97 Å². The van der Waals surface area contributed by atoms with Crippen LogP contribution in [0.25, 0.3) is 0 Å². The molecule has 29 heavy (non-hydrogen) atoms. The van der Waals surface area contributed by atoms with Crippen LogP contribution in [0.1, 0.15) is 23.1 Å². The minimum absolute atomic E-state index is 0.00730. The quantitative estimate of drug-likeness (QED) is 0.650. The zero-order valence-corrected chi connectivity index (χ0v) is 17.1. The van der Waals surface area contributed by atoms with Crippen molar-refractivity contribution in [1.82, 2.24) is 0 Å². The van der Waals surface area contributed by atoms with Gasteiger partial charge in [-0.3, -0.25) is 14.4 Å². The van der Waals surface area contributed by atoms with Crippen LogP contribution in [0, 0.1) is 6.92 Å². The molecule has 0 spiro atoms. The Hall–Kier alpha value is -2.80. The number of ether oxygens (including phenoxy) is 1. The van der Waals surface area contributed by atoms with Crippen molar-refractivity contribution in [1.29, 1.82) is 0 Å². The Kier molecular flexibility index (Phi) is 7.30. The van der Waals surface area contributed by atoms with Crippen LogP contribution in [0.2, 0.25) is 0 Å². The molecular formula is C22H24N2O4S. The molecule has 0 heterocycles. The molecule has 1 aliphatic carbocycles. The first kappa shape index (κ1) is 20.9. The van der Waals surface area contributed by atoms with Crippen molar-refractivity contribution in [2.75, 3.05) is 28.7 Å². The molecular weight excluding hydrogens is 388 g/mol. The van der Waals surface area contributed by atoms with E-state index in [9.17, 15) is 14.4 Å². The molecule has 152 valence electrons. The molecule has 0 radical (unpaired) electrons. The van der Waals surface area contributed by atoms with Gasteiger partial charge in [-0.2, -0.15) is 0 Å². The van der Waals surface area contributed by atoms with Gasteiger partial charge in [0.2, 0.25) is 5.91 Å². The topological polar surface area (TPSA) is 84.5 Å². The number of carbonyl (C=O) groups excluding carboxylic acids is 3. The summed E-state index contributed by atoms with van der Waals surface area (Å²) < 4.78 is 4.98. The largest absolute Gasteiger partial charge is 0.455 e. The van der Waals surface area contributed by atoms with Crippen LogP contribution in [0.15, 0.2) is 42.5 Å². The number of thioether (sulfide) groups is 1. The lowest BCUT2D eigenvalue weighted by atomic mass is 10.1. The van der Waals surface area contributed by atoms with Crippen molar-refractivity contribution >= 4 is 40.9 Å². The highest BCUT2D eigenvalue weighted by Crippen LogP contribution is 2.24. The molecule has 2 amide bonds. The molecule has 0 saturated heterocycles. The molecule has 0 unspecified atom stereocenters. The van der Waals surface area contributed by atoms with Crippen molar-refractivity contribution in [2.45, 2.75) is 26.2 Å². The van der Waals surface area contributed by atoms with Crippen LogP contribution >= 0.6 is 11.8 Å². The predicted octanol–water partition coefficient (Wildman–Crippen LogP) is 3.34. The number of hydrogen-bond donors (Lipinski definition) is 2. The summed E-state index contributed by atoms with van der Waals surface area (Å²) in [5.41, 5.74) is 5.09. The Morgan fingerprint density at radius 3 is 2.52 bits per heavy atom. The van der Waals surface area contributed by atoms with E-state index in [1.165, 1.54) is 11.1 Å².